The zero-order chi connectivity index (χ0) is 18.6. The molecule has 0 radical (unpaired) electrons. The Labute approximate surface area is 180 Å². The van der Waals surface area contributed by atoms with Gasteiger partial charge in [0.25, 0.3) is 0 Å². The van der Waals surface area contributed by atoms with Crippen LogP contribution in [0.5, 0.6) is 0 Å². The third-order valence-electron chi connectivity index (χ3n) is 3.99. The quantitative estimate of drug-likeness (QED) is 0.283. The summed E-state index contributed by atoms with van der Waals surface area (Å²) in [4.78, 5) is 0. The Balaban J connectivity index is 1.39. The predicted molar refractivity (Wildman–Crippen MR) is 119 cm³/mol. The van der Waals surface area contributed by atoms with Crippen molar-refractivity contribution in [2.75, 3.05) is 0 Å². The molecule has 0 N–H and O–H groups in total. The molecule has 1 aromatic heterocycles. The first-order valence-corrected chi connectivity index (χ1v) is 11.7. The van der Waals surface area contributed by atoms with Crippen LogP contribution in [0.4, 0.5) is 0 Å². The van der Waals surface area contributed by atoms with Crippen LogP contribution in [0.25, 0.3) is 10.8 Å². The minimum Gasteiger partial charge on any atom is -0.131 e. The van der Waals surface area contributed by atoms with Crippen LogP contribution in [0.2, 0.25) is 10.0 Å². The van der Waals surface area contributed by atoms with Crippen molar-refractivity contribution in [1.82, 2.24) is 10.2 Å². The predicted octanol–water partition coefficient (Wildman–Crippen LogP) is 7.58. The van der Waals surface area contributed by atoms with Crippen LogP contribution >= 0.6 is 58.1 Å². The number of fused-ring (bicyclic) bond motifs is 1. The molecule has 0 unspecified atom stereocenters. The van der Waals surface area contributed by atoms with Gasteiger partial charge in [-0.2, -0.15) is 0 Å². The Kier molecular flexibility index (Phi) is 6.25. The summed E-state index contributed by atoms with van der Waals surface area (Å²) in [5.74, 6) is 1.63. The minimum atomic E-state index is 0.650. The lowest BCUT2D eigenvalue weighted by Gasteiger charge is -2.04. The molecule has 0 bridgehead atoms. The van der Waals surface area contributed by atoms with Gasteiger partial charge in [0.2, 0.25) is 0 Å². The number of aromatic nitrogens is 2. The molecule has 4 aromatic rings. The molecule has 0 aliphatic rings. The fourth-order valence-electron chi connectivity index (χ4n) is 2.65. The van der Waals surface area contributed by atoms with Gasteiger partial charge in [0.05, 0.1) is 0 Å². The van der Waals surface area contributed by atoms with Crippen LogP contribution in [0, 0.1) is 0 Å². The van der Waals surface area contributed by atoms with Gasteiger partial charge in [-0.05, 0) is 34.0 Å². The molecular formula is C20H14Cl2N2S3. The summed E-state index contributed by atoms with van der Waals surface area (Å²) in [6, 6.07) is 20.5. The maximum Gasteiger partial charge on any atom is 0.175 e. The van der Waals surface area contributed by atoms with Crippen LogP contribution in [-0.2, 0) is 11.5 Å². The number of thioether (sulfide) groups is 2. The van der Waals surface area contributed by atoms with Gasteiger partial charge in [-0.3, -0.25) is 0 Å². The van der Waals surface area contributed by atoms with E-state index in [0.717, 1.165) is 25.7 Å². The zero-order valence-corrected chi connectivity index (χ0v) is 18.0. The van der Waals surface area contributed by atoms with Gasteiger partial charge >= 0.3 is 0 Å². The molecule has 136 valence electrons. The first-order valence-electron chi connectivity index (χ1n) is 8.19. The lowest BCUT2D eigenvalue weighted by molar-refractivity contribution is 0.954. The van der Waals surface area contributed by atoms with Crippen LogP contribution < -0.4 is 0 Å². The molecule has 27 heavy (non-hydrogen) atoms. The van der Waals surface area contributed by atoms with Gasteiger partial charge in [0, 0.05) is 21.6 Å². The van der Waals surface area contributed by atoms with Crippen molar-refractivity contribution in [3.05, 3.63) is 81.8 Å². The lowest BCUT2D eigenvalue weighted by Crippen LogP contribution is -1.83. The van der Waals surface area contributed by atoms with Crippen LogP contribution in [-0.4, -0.2) is 10.2 Å². The monoisotopic (exact) mass is 448 g/mol. The lowest BCUT2D eigenvalue weighted by atomic mass is 10.1. The average Bonchev–Trinajstić information content (AvgIpc) is 3.13. The molecular weight excluding hydrogens is 435 g/mol. The van der Waals surface area contributed by atoms with E-state index in [9.17, 15) is 0 Å². The van der Waals surface area contributed by atoms with E-state index in [0.29, 0.717) is 10.0 Å². The molecule has 7 heteroatoms. The Morgan fingerprint density at radius 2 is 1.48 bits per heavy atom. The average molecular weight is 449 g/mol. The highest BCUT2D eigenvalue weighted by Gasteiger charge is 2.09. The van der Waals surface area contributed by atoms with Gasteiger partial charge in [0.15, 0.2) is 8.68 Å². The number of hydrogen-bond acceptors (Lipinski definition) is 5. The van der Waals surface area contributed by atoms with Gasteiger partial charge in [-0.25, -0.2) is 0 Å². The second-order valence-electron chi connectivity index (χ2n) is 5.79. The van der Waals surface area contributed by atoms with E-state index in [1.165, 1.54) is 16.3 Å². The summed E-state index contributed by atoms with van der Waals surface area (Å²) >= 11 is 17.2. The van der Waals surface area contributed by atoms with Crippen molar-refractivity contribution < 1.29 is 0 Å². The van der Waals surface area contributed by atoms with E-state index in [4.69, 9.17) is 23.2 Å². The zero-order valence-electron chi connectivity index (χ0n) is 14.1. The number of hydrogen-bond donors (Lipinski definition) is 0. The number of halogens is 2. The van der Waals surface area contributed by atoms with Crippen LogP contribution in [0.15, 0.2) is 69.3 Å². The smallest absolute Gasteiger partial charge is 0.131 e. The highest BCUT2D eigenvalue weighted by atomic mass is 35.5. The molecule has 2 nitrogen and oxygen atoms in total. The molecule has 0 saturated heterocycles. The molecule has 0 spiro atoms. The van der Waals surface area contributed by atoms with E-state index in [1.807, 2.05) is 12.1 Å². The topological polar surface area (TPSA) is 25.8 Å². The summed E-state index contributed by atoms with van der Waals surface area (Å²) in [5.41, 5.74) is 2.36. The molecule has 0 amide bonds. The Morgan fingerprint density at radius 1 is 0.778 bits per heavy atom. The standard InChI is InChI=1S/C20H14Cl2N2S3/c21-16-9-8-15(18(22)10-16)12-26-20-24-23-19(27-20)25-11-14-6-3-5-13-4-1-2-7-17(13)14/h1-10H,11-12H2. The normalized spacial score (nSPS) is 11.2. The molecule has 0 aliphatic heterocycles. The van der Waals surface area contributed by atoms with Crippen molar-refractivity contribution in [1.29, 1.82) is 0 Å². The third-order valence-corrected chi connectivity index (χ3v) is 7.86. The number of benzene rings is 3. The summed E-state index contributed by atoms with van der Waals surface area (Å²) in [6.07, 6.45) is 0. The van der Waals surface area contributed by atoms with Gasteiger partial charge in [0.1, 0.15) is 0 Å². The van der Waals surface area contributed by atoms with E-state index in [-0.39, 0.29) is 0 Å². The molecule has 0 aliphatic carbocycles. The molecule has 4 rings (SSSR count). The molecule has 1 heterocycles. The molecule has 0 fully saturated rings. The SMILES string of the molecule is Clc1ccc(CSc2nnc(SCc3cccc4ccccc34)s2)c(Cl)c1. The third kappa shape index (κ3) is 4.79. The second-order valence-corrected chi connectivity index (χ2v) is 10.1. The fourth-order valence-corrected chi connectivity index (χ4v) is 6.23. The maximum absolute atomic E-state index is 6.23. The van der Waals surface area contributed by atoms with Gasteiger partial charge in [-0.15, -0.1) is 10.2 Å². The fraction of sp³-hybridized carbons (Fsp3) is 0.100. The van der Waals surface area contributed by atoms with Crippen molar-refractivity contribution in [2.45, 2.75) is 20.2 Å². The Hall–Kier alpha value is -1.24. The number of rotatable bonds is 6. The molecule has 0 atom stereocenters. The van der Waals surface area contributed by atoms with Gasteiger partial charge < -0.3 is 0 Å². The maximum atomic E-state index is 6.23. The number of nitrogens with zero attached hydrogens (tertiary/aromatic N) is 2. The largest absolute Gasteiger partial charge is 0.175 e. The summed E-state index contributed by atoms with van der Waals surface area (Å²) in [5, 5.41) is 12.5. The molecule has 3 aromatic carbocycles. The van der Waals surface area contributed by atoms with E-state index >= 15 is 0 Å². The van der Waals surface area contributed by atoms with Crippen molar-refractivity contribution in [3.8, 4) is 0 Å². The van der Waals surface area contributed by atoms with Crippen molar-refractivity contribution in [2.24, 2.45) is 0 Å². The summed E-state index contributed by atoms with van der Waals surface area (Å²) in [6.45, 7) is 0. The summed E-state index contributed by atoms with van der Waals surface area (Å²) < 4.78 is 1.93. The van der Waals surface area contributed by atoms with Crippen LogP contribution in [0.1, 0.15) is 11.1 Å². The highest BCUT2D eigenvalue weighted by Crippen LogP contribution is 2.34. The van der Waals surface area contributed by atoms with E-state index < -0.39 is 0 Å². The van der Waals surface area contributed by atoms with E-state index in [2.05, 4.69) is 52.7 Å². The summed E-state index contributed by atoms with van der Waals surface area (Å²) in [7, 11) is 0. The first-order chi connectivity index (χ1) is 13.2. The van der Waals surface area contributed by atoms with Crippen molar-refractivity contribution in [3.63, 3.8) is 0 Å². The first kappa shape index (κ1) is 19.1. The van der Waals surface area contributed by atoms with Crippen LogP contribution in [0.3, 0.4) is 0 Å². The van der Waals surface area contributed by atoms with E-state index in [1.54, 1.807) is 40.9 Å². The molecule has 0 saturated carbocycles. The Bertz CT molecular complexity index is 1080. The minimum absolute atomic E-state index is 0.650. The Morgan fingerprint density at radius 3 is 2.26 bits per heavy atom. The van der Waals surface area contributed by atoms with Gasteiger partial charge in [-0.1, -0.05) is 107 Å². The van der Waals surface area contributed by atoms with Crippen molar-refractivity contribution >= 4 is 68.8 Å². The highest BCUT2D eigenvalue weighted by molar-refractivity contribution is 8.02. The second kappa shape index (κ2) is 8.84.